The second-order valence-electron chi connectivity index (χ2n) is 6.19. The Morgan fingerprint density at radius 2 is 1.96 bits per heavy atom. The van der Waals surface area contributed by atoms with Crippen molar-refractivity contribution in [1.29, 1.82) is 0 Å². The Hall–Kier alpha value is -3.34. The fourth-order valence-corrected chi connectivity index (χ4v) is 2.95. The Labute approximate surface area is 150 Å². The number of hydrogen-bond acceptors (Lipinski definition) is 4. The molecule has 0 saturated heterocycles. The van der Waals surface area contributed by atoms with E-state index in [1.165, 1.54) is 0 Å². The fourth-order valence-electron chi connectivity index (χ4n) is 2.95. The number of carbonyl (C=O) groups is 1. The average Bonchev–Trinajstić information content (AvgIpc) is 3.32. The van der Waals surface area contributed by atoms with Crippen LogP contribution in [0.3, 0.4) is 0 Å². The van der Waals surface area contributed by atoms with E-state index in [1.54, 1.807) is 18.4 Å². The number of nitrogens with one attached hydrogen (secondary N) is 1. The zero-order valence-electron chi connectivity index (χ0n) is 14.5. The predicted octanol–water partition coefficient (Wildman–Crippen LogP) is 4.89. The second-order valence-corrected chi connectivity index (χ2v) is 6.19. The van der Waals surface area contributed by atoms with E-state index >= 15 is 0 Å². The van der Waals surface area contributed by atoms with Gasteiger partial charge < -0.3 is 14.2 Å². The zero-order chi connectivity index (χ0) is 18.1. The van der Waals surface area contributed by atoms with Gasteiger partial charge in [0.05, 0.1) is 23.4 Å². The van der Waals surface area contributed by atoms with Crippen LogP contribution >= 0.6 is 0 Å². The SMILES string of the molecule is Cc1ccc([C@@H](C)NC(=O)c2cc(-c3ccco3)nc3ccccc23)o1. The zero-order valence-corrected chi connectivity index (χ0v) is 14.5. The summed E-state index contributed by atoms with van der Waals surface area (Å²) in [5.74, 6) is 1.98. The lowest BCUT2D eigenvalue weighted by Gasteiger charge is -2.13. The van der Waals surface area contributed by atoms with E-state index in [0.717, 1.165) is 22.4 Å². The van der Waals surface area contributed by atoms with Crippen LogP contribution in [0.25, 0.3) is 22.4 Å². The average molecular weight is 346 g/mol. The third kappa shape index (κ3) is 2.99. The van der Waals surface area contributed by atoms with Crippen molar-refractivity contribution < 1.29 is 13.6 Å². The molecule has 1 aromatic carbocycles. The molecule has 0 unspecified atom stereocenters. The molecule has 5 heteroatoms. The first-order chi connectivity index (χ1) is 12.6. The van der Waals surface area contributed by atoms with Crippen molar-refractivity contribution in [2.45, 2.75) is 19.9 Å². The summed E-state index contributed by atoms with van der Waals surface area (Å²) in [4.78, 5) is 17.6. The number of aryl methyl sites for hydroxylation is 1. The molecule has 0 aliphatic rings. The van der Waals surface area contributed by atoms with Crippen molar-refractivity contribution in [2.24, 2.45) is 0 Å². The van der Waals surface area contributed by atoms with Gasteiger partial charge >= 0.3 is 0 Å². The molecule has 0 aliphatic carbocycles. The molecule has 1 atom stereocenters. The van der Waals surface area contributed by atoms with Gasteiger partial charge in [-0.25, -0.2) is 4.98 Å². The van der Waals surface area contributed by atoms with Crippen LogP contribution < -0.4 is 5.32 Å². The van der Waals surface area contributed by atoms with E-state index in [1.807, 2.05) is 56.3 Å². The number of para-hydroxylation sites is 1. The summed E-state index contributed by atoms with van der Waals surface area (Å²) in [6.45, 7) is 3.77. The van der Waals surface area contributed by atoms with Gasteiger partial charge in [-0.05, 0) is 50.2 Å². The van der Waals surface area contributed by atoms with Crippen LogP contribution in [0.4, 0.5) is 0 Å². The van der Waals surface area contributed by atoms with Crippen LogP contribution in [0.5, 0.6) is 0 Å². The number of hydrogen-bond donors (Lipinski definition) is 1. The van der Waals surface area contributed by atoms with Crippen LogP contribution in [0.2, 0.25) is 0 Å². The smallest absolute Gasteiger partial charge is 0.252 e. The van der Waals surface area contributed by atoms with E-state index in [-0.39, 0.29) is 11.9 Å². The van der Waals surface area contributed by atoms with Crippen molar-refractivity contribution in [3.63, 3.8) is 0 Å². The summed E-state index contributed by atoms with van der Waals surface area (Å²) in [7, 11) is 0. The predicted molar refractivity (Wildman–Crippen MR) is 98.8 cm³/mol. The molecule has 0 aliphatic heterocycles. The fraction of sp³-hybridized carbons (Fsp3) is 0.143. The normalized spacial score (nSPS) is 12.2. The van der Waals surface area contributed by atoms with Crippen LogP contribution in [-0.4, -0.2) is 10.9 Å². The van der Waals surface area contributed by atoms with Crippen molar-refractivity contribution in [3.8, 4) is 11.5 Å². The summed E-state index contributed by atoms with van der Waals surface area (Å²) in [6.07, 6.45) is 1.59. The van der Waals surface area contributed by atoms with Crippen molar-refractivity contribution >= 4 is 16.8 Å². The molecule has 0 fully saturated rings. The van der Waals surface area contributed by atoms with Gasteiger partial charge in [0.15, 0.2) is 5.76 Å². The minimum Gasteiger partial charge on any atom is -0.464 e. The molecule has 3 heterocycles. The Balaban J connectivity index is 1.73. The van der Waals surface area contributed by atoms with Crippen LogP contribution in [-0.2, 0) is 0 Å². The maximum absolute atomic E-state index is 13.0. The van der Waals surface area contributed by atoms with E-state index in [9.17, 15) is 4.79 Å². The summed E-state index contributed by atoms with van der Waals surface area (Å²) < 4.78 is 11.1. The minimum absolute atomic E-state index is 0.182. The molecule has 1 amide bonds. The standard InChI is InChI=1S/C21H18N2O3/c1-13-9-10-19(26-13)14(2)22-21(24)16-12-18(20-8-5-11-25-20)23-17-7-4-3-6-15(16)17/h3-12,14H,1-2H3,(H,22,24)/t14-/m1/s1. The summed E-state index contributed by atoms with van der Waals surface area (Å²) >= 11 is 0. The van der Waals surface area contributed by atoms with Gasteiger partial charge in [0.2, 0.25) is 0 Å². The first kappa shape index (κ1) is 16.1. The van der Waals surface area contributed by atoms with Gasteiger partial charge in [0.25, 0.3) is 5.91 Å². The maximum Gasteiger partial charge on any atom is 0.252 e. The van der Waals surface area contributed by atoms with Gasteiger partial charge in [0, 0.05) is 5.39 Å². The van der Waals surface area contributed by atoms with E-state index in [4.69, 9.17) is 8.83 Å². The highest BCUT2D eigenvalue weighted by Crippen LogP contribution is 2.26. The van der Waals surface area contributed by atoms with Crippen LogP contribution in [0, 0.1) is 6.92 Å². The number of fused-ring (bicyclic) bond motifs is 1. The summed E-state index contributed by atoms with van der Waals surface area (Å²) in [6, 6.07) is 16.5. The highest BCUT2D eigenvalue weighted by molar-refractivity contribution is 6.07. The quantitative estimate of drug-likeness (QED) is 0.571. The molecule has 1 N–H and O–H groups in total. The number of carbonyl (C=O) groups excluding carboxylic acids is 1. The Morgan fingerprint density at radius 3 is 2.69 bits per heavy atom. The summed E-state index contributed by atoms with van der Waals surface area (Å²) in [5, 5.41) is 3.79. The number of amides is 1. The van der Waals surface area contributed by atoms with Gasteiger partial charge in [-0.1, -0.05) is 18.2 Å². The molecule has 0 radical (unpaired) electrons. The largest absolute Gasteiger partial charge is 0.464 e. The topological polar surface area (TPSA) is 68.3 Å². The lowest BCUT2D eigenvalue weighted by atomic mass is 10.1. The molecule has 4 aromatic rings. The number of furan rings is 2. The molecule has 3 aromatic heterocycles. The summed E-state index contributed by atoms with van der Waals surface area (Å²) in [5.41, 5.74) is 1.92. The third-order valence-corrected chi connectivity index (χ3v) is 4.27. The third-order valence-electron chi connectivity index (χ3n) is 4.27. The van der Waals surface area contributed by atoms with Crippen LogP contribution in [0.1, 0.15) is 34.8 Å². The number of nitrogens with zero attached hydrogens (tertiary/aromatic N) is 1. The highest BCUT2D eigenvalue weighted by atomic mass is 16.3. The number of rotatable bonds is 4. The first-order valence-corrected chi connectivity index (χ1v) is 8.42. The van der Waals surface area contributed by atoms with Crippen molar-refractivity contribution in [2.75, 3.05) is 0 Å². The van der Waals surface area contributed by atoms with Crippen molar-refractivity contribution in [3.05, 3.63) is 77.9 Å². The number of benzene rings is 1. The maximum atomic E-state index is 13.0. The van der Waals surface area contributed by atoms with E-state index in [2.05, 4.69) is 10.3 Å². The van der Waals surface area contributed by atoms with Gasteiger partial charge in [-0.3, -0.25) is 4.79 Å². The Morgan fingerprint density at radius 1 is 1.12 bits per heavy atom. The second kappa shape index (κ2) is 6.52. The van der Waals surface area contributed by atoms with Gasteiger partial charge in [-0.15, -0.1) is 0 Å². The van der Waals surface area contributed by atoms with Gasteiger partial charge in [-0.2, -0.15) is 0 Å². The Kier molecular flexibility index (Phi) is 4.05. The molecule has 0 bridgehead atoms. The minimum atomic E-state index is -0.241. The molecular formula is C21H18N2O3. The lowest BCUT2D eigenvalue weighted by Crippen LogP contribution is -2.26. The number of pyridine rings is 1. The highest BCUT2D eigenvalue weighted by Gasteiger charge is 2.18. The molecular weight excluding hydrogens is 328 g/mol. The first-order valence-electron chi connectivity index (χ1n) is 8.42. The lowest BCUT2D eigenvalue weighted by molar-refractivity contribution is 0.0937. The van der Waals surface area contributed by atoms with Crippen molar-refractivity contribution in [1.82, 2.24) is 10.3 Å². The monoisotopic (exact) mass is 346 g/mol. The molecule has 0 spiro atoms. The van der Waals surface area contributed by atoms with E-state index < -0.39 is 0 Å². The Bertz CT molecular complexity index is 1060. The molecule has 26 heavy (non-hydrogen) atoms. The van der Waals surface area contributed by atoms with Crippen LogP contribution in [0.15, 0.2) is 69.7 Å². The molecule has 4 rings (SSSR count). The number of aromatic nitrogens is 1. The molecule has 130 valence electrons. The molecule has 0 saturated carbocycles. The molecule has 5 nitrogen and oxygen atoms in total. The van der Waals surface area contributed by atoms with Gasteiger partial charge in [0.1, 0.15) is 17.2 Å². The van der Waals surface area contributed by atoms with E-state index in [0.29, 0.717) is 17.0 Å².